The van der Waals surface area contributed by atoms with Gasteiger partial charge in [0.1, 0.15) is 0 Å². The first-order valence-electron chi connectivity index (χ1n) is 6.78. The van der Waals surface area contributed by atoms with Crippen molar-refractivity contribution >= 4 is 31.5 Å². The van der Waals surface area contributed by atoms with Crippen LogP contribution in [0.3, 0.4) is 0 Å². The highest BCUT2D eigenvalue weighted by Gasteiger charge is 2.29. The van der Waals surface area contributed by atoms with Crippen LogP contribution in [-0.2, 0) is 9.84 Å². The predicted molar refractivity (Wildman–Crippen MR) is 87.1 cm³/mol. The molecule has 1 aliphatic heterocycles. The largest absolute Gasteiger partial charge is 0.366 e. The summed E-state index contributed by atoms with van der Waals surface area (Å²) in [4.78, 5) is 2.17. The van der Waals surface area contributed by atoms with E-state index in [1.165, 1.54) is 5.56 Å². The van der Waals surface area contributed by atoms with Crippen LogP contribution in [0.25, 0.3) is 0 Å². The molecular formula is C14H21BrN2O2S. The van der Waals surface area contributed by atoms with Gasteiger partial charge in [-0.05, 0) is 54.5 Å². The molecule has 0 saturated carbocycles. The lowest BCUT2D eigenvalue weighted by molar-refractivity contribution is 0.568. The SMILES string of the molecule is CNC(C)c1ccc(N2CCS(=O)(=O)CC2C)c(Br)c1. The van der Waals surface area contributed by atoms with Crippen molar-refractivity contribution in [2.24, 2.45) is 0 Å². The summed E-state index contributed by atoms with van der Waals surface area (Å²) < 4.78 is 24.3. The summed E-state index contributed by atoms with van der Waals surface area (Å²) in [5.74, 6) is 0.465. The van der Waals surface area contributed by atoms with Gasteiger partial charge < -0.3 is 10.2 Å². The number of rotatable bonds is 3. The van der Waals surface area contributed by atoms with Crippen molar-refractivity contribution in [3.05, 3.63) is 28.2 Å². The lowest BCUT2D eigenvalue weighted by atomic mass is 10.1. The second-order valence-corrected chi connectivity index (χ2v) is 8.46. The molecule has 0 amide bonds. The highest BCUT2D eigenvalue weighted by Crippen LogP contribution is 2.32. The molecule has 1 aromatic carbocycles. The number of hydrogen-bond acceptors (Lipinski definition) is 4. The minimum Gasteiger partial charge on any atom is -0.366 e. The van der Waals surface area contributed by atoms with E-state index in [0.29, 0.717) is 12.6 Å². The smallest absolute Gasteiger partial charge is 0.154 e. The minimum absolute atomic E-state index is 0.0117. The van der Waals surface area contributed by atoms with Crippen molar-refractivity contribution < 1.29 is 8.42 Å². The maximum Gasteiger partial charge on any atom is 0.154 e. The molecule has 2 atom stereocenters. The summed E-state index contributed by atoms with van der Waals surface area (Å²) in [6, 6.07) is 6.57. The van der Waals surface area contributed by atoms with E-state index in [1.54, 1.807) is 0 Å². The molecule has 112 valence electrons. The Bertz CT molecular complexity index is 589. The standard InChI is InChI=1S/C14H21BrN2O2S/c1-10-9-20(18,19)7-6-17(10)14-5-4-12(8-13(14)15)11(2)16-3/h4-5,8,10-11,16H,6-7,9H2,1-3H3. The Morgan fingerprint density at radius 2 is 2.15 bits per heavy atom. The maximum atomic E-state index is 11.7. The molecule has 2 rings (SSSR count). The number of sulfone groups is 1. The summed E-state index contributed by atoms with van der Waals surface area (Å²) >= 11 is 3.62. The van der Waals surface area contributed by atoms with Crippen LogP contribution >= 0.6 is 15.9 Å². The molecule has 1 aromatic rings. The quantitative estimate of drug-likeness (QED) is 0.898. The molecule has 2 unspecified atom stereocenters. The first kappa shape index (κ1) is 15.8. The number of nitrogens with zero attached hydrogens (tertiary/aromatic N) is 1. The normalized spacial score (nSPS) is 23.6. The van der Waals surface area contributed by atoms with E-state index in [1.807, 2.05) is 14.0 Å². The first-order chi connectivity index (χ1) is 9.34. The summed E-state index contributed by atoms with van der Waals surface area (Å²) in [6.07, 6.45) is 0. The molecule has 1 aliphatic rings. The van der Waals surface area contributed by atoms with Crippen molar-refractivity contribution in [3.63, 3.8) is 0 Å². The summed E-state index contributed by atoms with van der Waals surface area (Å²) in [5.41, 5.74) is 2.28. The Morgan fingerprint density at radius 1 is 1.45 bits per heavy atom. The zero-order valence-electron chi connectivity index (χ0n) is 12.1. The van der Waals surface area contributed by atoms with Crippen molar-refractivity contribution in [1.82, 2.24) is 5.32 Å². The van der Waals surface area contributed by atoms with E-state index in [-0.39, 0.29) is 17.5 Å². The molecule has 1 N–H and O–H groups in total. The first-order valence-corrected chi connectivity index (χ1v) is 9.39. The van der Waals surface area contributed by atoms with E-state index >= 15 is 0 Å². The molecule has 0 spiro atoms. The third kappa shape index (κ3) is 3.35. The fourth-order valence-electron chi connectivity index (χ4n) is 2.55. The number of halogens is 1. The van der Waals surface area contributed by atoms with Gasteiger partial charge in [-0.1, -0.05) is 6.07 Å². The third-order valence-corrected chi connectivity index (χ3v) is 6.31. The summed E-state index contributed by atoms with van der Waals surface area (Å²) in [6.45, 7) is 4.63. The maximum absolute atomic E-state index is 11.7. The van der Waals surface area contributed by atoms with Gasteiger partial charge >= 0.3 is 0 Å². The average Bonchev–Trinajstić information content (AvgIpc) is 2.38. The van der Waals surface area contributed by atoms with Crippen LogP contribution < -0.4 is 10.2 Å². The van der Waals surface area contributed by atoms with Gasteiger partial charge in [0.15, 0.2) is 9.84 Å². The second kappa shape index (κ2) is 6.03. The van der Waals surface area contributed by atoms with E-state index in [2.05, 4.69) is 51.3 Å². The van der Waals surface area contributed by atoms with Gasteiger partial charge in [-0.15, -0.1) is 0 Å². The van der Waals surface area contributed by atoms with Crippen LogP contribution in [0.5, 0.6) is 0 Å². The topological polar surface area (TPSA) is 49.4 Å². The Balaban J connectivity index is 2.26. The minimum atomic E-state index is -2.88. The molecule has 4 nitrogen and oxygen atoms in total. The Labute approximate surface area is 129 Å². The Hall–Kier alpha value is -0.590. The second-order valence-electron chi connectivity index (χ2n) is 5.38. The molecule has 0 aromatic heterocycles. The van der Waals surface area contributed by atoms with Gasteiger partial charge in [0.2, 0.25) is 0 Å². The van der Waals surface area contributed by atoms with Gasteiger partial charge in [0.25, 0.3) is 0 Å². The zero-order valence-corrected chi connectivity index (χ0v) is 14.5. The molecule has 1 heterocycles. The van der Waals surface area contributed by atoms with Crippen molar-refractivity contribution in [3.8, 4) is 0 Å². The van der Waals surface area contributed by atoms with Gasteiger partial charge in [-0.3, -0.25) is 0 Å². The highest BCUT2D eigenvalue weighted by atomic mass is 79.9. The van der Waals surface area contributed by atoms with Crippen molar-refractivity contribution in [2.45, 2.75) is 25.9 Å². The summed E-state index contributed by atoms with van der Waals surface area (Å²) in [7, 11) is -0.944. The number of hydrogen-bond donors (Lipinski definition) is 1. The molecular weight excluding hydrogens is 340 g/mol. The van der Waals surface area contributed by atoms with Crippen LogP contribution in [0, 0.1) is 0 Å². The van der Waals surface area contributed by atoms with Crippen LogP contribution in [0.4, 0.5) is 5.69 Å². The van der Waals surface area contributed by atoms with Crippen LogP contribution in [0.2, 0.25) is 0 Å². The average molecular weight is 361 g/mol. The van der Waals surface area contributed by atoms with Gasteiger partial charge in [-0.2, -0.15) is 0 Å². The molecule has 1 saturated heterocycles. The zero-order chi connectivity index (χ0) is 14.9. The van der Waals surface area contributed by atoms with E-state index < -0.39 is 9.84 Å². The molecule has 0 radical (unpaired) electrons. The molecule has 0 aliphatic carbocycles. The van der Waals surface area contributed by atoms with Crippen molar-refractivity contribution in [1.29, 1.82) is 0 Å². The Morgan fingerprint density at radius 3 is 2.70 bits per heavy atom. The molecule has 20 heavy (non-hydrogen) atoms. The van der Waals surface area contributed by atoms with Crippen LogP contribution in [0.1, 0.15) is 25.5 Å². The molecule has 1 fully saturated rings. The molecule has 0 bridgehead atoms. The van der Waals surface area contributed by atoms with Crippen molar-refractivity contribution in [2.75, 3.05) is 30.0 Å². The Kier molecular flexibility index (Phi) is 4.76. The lowest BCUT2D eigenvalue weighted by Gasteiger charge is -2.36. The monoisotopic (exact) mass is 360 g/mol. The summed E-state index contributed by atoms with van der Waals surface area (Å²) in [5, 5.41) is 3.21. The lowest BCUT2D eigenvalue weighted by Crippen LogP contribution is -2.47. The number of anilines is 1. The van der Waals surface area contributed by atoms with Gasteiger partial charge in [0.05, 0.1) is 17.2 Å². The van der Waals surface area contributed by atoms with E-state index in [9.17, 15) is 8.42 Å². The fourth-order valence-corrected chi connectivity index (χ4v) is 4.73. The van der Waals surface area contributed by atoms with Gasteiger partial charge in [-0.25, -0.2) is 8.42 Å². The van der Waals surface area contributed by atoms with Crippen LogP contribution in [0.15, 0.2) is 22.7 Å². The van der Waals surface area contributed by atoms with E-state index in [0.717, 1.165) is 10.2 Å². The number of benzene rings is 1. The third-order valence-electron chi connectivity index (χ3n) is 3.88. The molecule has 6 heteroatoms. The predicted octanol–water partition coefficient (Wildman–Crippen LogP) is 2.35. The fraction of sp³-hybridized carbons (Fsp3) is 0.571. The van der Waals surface area contributed by atoms with Crippen LogP contribution in [-0.4, -0.2) is 39.6 Å². The van der Waals surface area contributed by atoms with Gasteiger partial charge in [0, 0.05) is 23.1 Å². The van der Waals surface area contributed by atoms with E-state index in [4.69, 9.17) is 0 Å². The number of nitrogens with one attached hydrogen (secondary N) is 1. The highest BCUT2D eigenvalue weighted by molar-refractivity contribution is 9.10.